The lowest BCUT2D eigenvalue weighted by atomic mass is 10.3. The molecule has 0 amide bonds. The number of hydrogen-bond acceptors (Lipinski definition) is 5. The van der Waals surface area contributed by atoms with Crippen molar-refractivity contribution < 1.29 is 0 Å². The number of nitrogens with one attached hydrogen (secondary N) is 1. The van der Waals surface area contributed by atoms with Gasteiger partial charge in [-0.3, -0.25) is 4.68 Å². The van der Waals surface area contributed by atoms with Crippen LogP contribution in [-0.4, -0.2) is 30.0 Å². The Hall–Kier alpha value is -2.06. The molecule has 120 valence electrons. The van der Waals surface area contributed by atoms with Crippen molar-refractivity contribution in [1.82, 2.24) is 35.3 Å². The molecule has 8 heteroatoms. The van der Waals surface area contributed by atoms with Gasteiger partial charge in [-0.05, 0) is 41.1 Å². The molecule has 0 radical (unpaired) electrons. The van der Waals surface area contributed by atoms with Gasteiger partial charge >= 0.3 is 0 Å². The molecule has 23 heavy (non-hydrogen) atoms. The highest BCUT2D eigenvalue weighted by Gasteiger charge is 2.09. The van der Waals surface area contributed by atoms with Crippen LogP contribution in [0.3, 0.4) is 0 Å². The van der Waals surface area contributed by atoms with Gasteiger partial charge in [0, 0.05) is 23.8 Å². The van der Waals surface area contributed by atoms with E-state index >= 15 is 0 Å². The molecule has 1 aromatic carbocycles. The first-order valence-corrected chi connectivity index (χ1v) is 8.32. The number of benzene rings is 1. The largest absolute Gasteiger partial charge is 0.304 e. The van der Waals surface area contributed by atoms with E-state index in [0.29, 0.717) is 6.54 Å². The summed E-state index contributed by atoms with van der Waals surface area (Å²) in [5.41, 5.74) is 2.09. The maximum absolute atomic E-state index is 4.32. The van der Waals surface area contributed by atoms with Crippen LogP contribution in [0.1, 0.15) is 24.9 Å². The van der Waals surface area contributed by atoms with Crippen molar-refractivity contribution in [2.45, 2.75) is 33.0 Å². The minimum atomic E-state index is 0.580. The van der Waals surface area contributed by atoms with Gasteiger partial charge in [0.25, 0.3) is 0 Å². The lowest BCUT2D eigenvalue weighted by Gasteiger charge is -2.08. The molecule has 2 aromatic heterocycles. The number of halogens is 1. The summed E-state index contributed by atoms with van der Waals surface area (Å²) in [5.74, 6) is 0.768. The number of nitrogens with zero attached hydrogens (tertiary/aromatic N) is 6. The third kappa shape index (κ3) is 3.83. The highest BCUT2D eigenvalue weighted by atomic mass is 79.9. The summed E-state index contributed by atoms with van der Waals surface area (Å²) in [6, 6.07) is 9.92. The second kappa shape index (κ2) is 7.47. The fourth-order valence-corrected chi connectivity index (χ4v) is 2.74. The molecule has 0 fully saturated rings. The van der Waals surface area contributed by atoms with Gasteiger partial charge < -0.3 is 5.32 Å². The number of rotatable bonds is 7. The van der Waals surface area contributed by atoms with Gasteiger partial charge in [0.2, 0.25) is 0 Å². The molecule has 3 aromatic rings. The predicted octanol–water partition coefficient (Wildman–Crippen LogP) is 2.32. The third-order valence-corrected chi connectivity index (χ3v) is 3.91. The maximum Gasteiger partial charge on any atom is 0.170 e. The van der Waals surface area contributed by atoms with E-state index in [1.165, 1.54) is 0 Å². The summed E-state index contributed by atoms with van der Waals surface area (Å²) >= 11 is 3.47. The summed E-state index contributed by atoms with van der Waals surface area (Å²) in [4.78, 5) is 0. The molecule has 2 heterocycles. The van der Waals surface area contributed by atoms with Crippen LogP contribution >= 0.6 is 15.9 Å². The van der Waals surface area contributed by atoms with E-state index in [0.717, 1.165) is 41.2 Å². The van der Waals surface area contributed by atoms with E-state index in [1.807, 2.05) is 41.2 Å². The molecule has 0 atom stereocenters. The maximum atomic E-state index is 4.32. The van der Waals surface area contributed by atoms with Crippen LogP contribution in [0.25, 0.3) is 5.69 Å². The van der Waals surface area contributed by atoms with E-state index < -0.39 is 0 Å². The Balaban J connectivity index is 1.65. The molecule has 7 nitrogen and oxygen atoms in total. The lowest BCUT2D eigenvalue weighted by molar-refractivity contribution is 0.543. The molecular weight excluding hydrogens is 358 g/mol. The Morgan fingerprint density at radius 1 is 1.22 bits per heavy atom. The zero-order valence-electron chi connectivity index (χ0n) is 12.9. The van der Waals surface area contributed by atoms with Crippen LogP contribution < -0.4 is 5.32 Å². The molecule has 0 aliphatic carbocycles. The van der Waals surface area contributed by atoms with Crippen LogP contribution in [0.15, 0.2) is 41.0 Å². The molecule has 3 rings (SSSR count). The van der Waals surface area contributed by atoms with Crippen molar-refractivity contribution in [2.75, 3.05) is 0 Å². The standard InChI is InChI=1S/C15H18BrN7/c1-2-8-22-14(6-7-18-22)10-17-11-15-19-20-21-23(15)13-5-3-4-12(16)9-13/h3-7,9,17H,2,8,10-11H2,1H3. The zero-order chi connectivity index (χ0) is 16.1. The minimum absolute atomic E-state index is 0.580. The first-order chi connectivity index (χ1) is 11.3. The van der Waals surface area contributed by atoms with E-state index in [1.54, 1.807) is 4.68 Å². The molecule has 0 aliphatic rings. The zero-order valence-corrected chi connectivity index (χ0v) is 14.4. The van der Waals surface area contributed by atoms with Crippen LogP contribution in [0.2, 0.25) is 0 Å². The van der Waals surface area contributed by atoms with E-state index in [-0.39, 0.29) is 0 Å². The number of aryl methyl sites for hydroxylation is 1. The Morgan fingerprint density at radius 3 is 2.96 bits per heavy atom. The van der Waals surface area contributed by atoms with E-state index in [2.05, 4.69) is 48.8 Å². The molecule has 0 bridgehead atoms. The monoisotopic (exact) mass is 375 g/mol. The Morgan fingerprint density at radius 2 is 2.13 bits per heavy atom. The second-order valence-electron chi connectivity index (χ2n) is 5.14. The number of aromatic nitrogens is 6. The van der Waals surface area contributed by atoms with E-state index in [9.17, 15) is 0 Å². The molecule has 0 saturated carbocycles. The summed E-state index contributed by atoms with van der Waals surface area (Å²) in [6.45, 7) is 4.38. The van der Waals surface area contributed by atoms with Crippen LogP contribution in [0.5, 0.6) is 0 Å². The Labute approximate surface area is 142 Å². The van der Waals surface area contributed by atoms with Gasteiger partial charge in [0.1, 0.15) is 0 Å². The van der Waals surface area contributed by atoms with Crippen molar-refractivity contribution in [3.8, 4) is 5.69 Å². The van der Waals surface area contributed by atoms with Gasteiger partial charge in [-0.25, -0.2) is 0 Å². The Bertz CT molecular complexity index is 765. The summed E-state index contributed by atoms with van der Waals surface area (Å²) in [7, 11) is 0. The van der Waals surface area contributed by atoms with Crippen LogP contribution in [0.4, 0.5) is 0 Å². The van der Waals surface area contributed by atoms with Gasteiger partial charge in [0.15, 0.2) is 5.82 Å². The summed E-state index contributed by atoms with van der Waals surface area (Å²) in [6.07, 6.45) is 2.90. The van der Waals surface area contributed by atoms with Crippen molar-refractivity contribution in [2.24, 2.45) is 0 Å². The van der Waals surface area contributed by atoms with Gasteiger partial charge in [-0.2, -0.15) is 9.78 Å². The number of hydrogen-bond donors (Lipinski definition) is 1. The minimum Gasteiger partial charge on any atom is -0.304 e. The van der Waals surface area contributed by atoms with Crippen molar-refractivity contribution in [3.63, 3.8) is 0 Å². The van der Waals surface area contributed by atoms with Crippen LogP contribution in [-0.2, 0) is 19.6 Å². The van der Waals surface area contributed by atoms with Gasteiger partial charge in [-0.15, -0.1) is 5.10 Å². The van der Waals surface area contributed by atoms with Gasteiger partial charge in [-0.1, -0.05) is 28.9 Å². The fourth-order valence-electron chi connectivity index (χ4n) is 2.35. The molecule has 0 aliphatic heterocycles. The molecule has 1 N–H and O–H groups in total. The average Bonchev–Trinajstić information content (AvgIpc) is 3.18. The number of tetrazole rings is 1. The summed E-state index contributed by atoms with van der Waals surface area (Å²) < 4.78 is 4.75. The predicted molar refractivity (Wildman–Crippen MR) is 89.9 cm³/mol. The van der Waals surface area contributed by atoms with Crippen LogP contribution in [0, 0.1) is 0 Å². The van der Waals surface area contributed by atoms with E-state index in [4.69, 9.17) is 0 Å². The smallest absolute Gasteiger partial charge is 0.170 e. The highest BCUT2D eigenvalue weighted by Crippen LogP contribution is 2.15. The van der Waals surface area contributed by atoms with Crippen molar-refractivity contribution in [1.29, 1.82) is 0 Å². The van der Waals surface area contributed by atoms with Crippen molar-refractivity contribution >= 4 is 15.9 Å². The molecule has 0 unspecified atom stereocenters. The normalized spacial score (nSPS) is 11.0. The third-order valence-electron chi connectivity index (χ3n) is 3.42. The fraction of sp³-hybridized carbons (Fsp3) is 0.333. The molecular formula is C15H18BrN7. The Kier molecular flexibility index (Phi) is 5.14. The molecule has 0 saturated heterocycles. The lowest BCUT2D eigenvalue weighted by Crippen LogP contribution is -2.19. The topological polar surface area (TPSA) is 73.5 Å². The van der Waals surface area contributed by atoms with Gasteiger partial charge in [0.05, 0.1) is 17.9 Å². The highest BCUT2D eigenvalue weighted by molar-refractivity contribution is 9.10. The second-order valence-corrected chi connectivity index (χ2v) is 6.05. The van der Waals surface area contributed by atoms with Crippen molar-refractivity contribution in [3.05, 3.63) is 52.5 Å². The molecule has 0 spiro atoms. The SMILES string of the molecule is CCCn1nccc1CNCc1nnnn1-c1cccc(Br)c1. The summed E-state index contributed by atoms with van der Waals surface area (Å²) in [5, 5.41) is 19.6. The quantitative estimate of drug-likeness (QED) is 0.685. The first-order valence-electron chi connectivity index (χ1n) is 7.52. The average molecular weight is 376 g/mol. The first kappa shape index (κ1) is 15.8.